The van der Waals surface area contributed by atoms with Gasteiger partial charge in [-0.2, -0.15) is 0 Å². The van der Waals surface area contributed by atoms with Gasteiger partial charge in [-0.15, -0.1) is 0 Å². The molecule has 4 nitrogen and oxygen atoms in total. The Hall–Kier alpha value is -1.46. The molecule has 0 fully saturated rings. The molecule has 0 N–H and O–H groups in total. The zero-order chi connectivity index (χ0) is 14.0. The molecule has 0 aliphatic rings. The normalized spacial score (nSPS) is 10.5. The van der Waals surface area contributed by atoms with E-state index in [2.05, 4.69) is 20.9 Å². The summed E-state index contributed by atoms with van der Waals surface area (Å²) in [7, 11) is 0. The van der Waals surface area contributed by atoms with Gasteiger partial charge < -0.3 is 0 Å². The zero-order valence-corrected chi connectivity index (χ0v) is 12.4. The minimum absolute atomic E-state index is 0.0429. The molecule has 0 saturated carbocycles. The van der Waals surface area contributed by atoms with Crippen LogP contribution in [0, 0.1) is 6.92 Å². The van der Waals surface area contributed by atoms with E-state index in [9.17, 15) is 9.59 Å². The summed E-state index contributed by atoms with van der Waals surface area (Å²) >= 11 is 8.88. The van der Waals surface area contributed by atoms with E-state index in [1.54, 1.807) is 31.2 Å². The van der Waals surface area contributed by atoms with Gasteiger partial charge in [0, 0.05) is 16.8 Å². The summed E-state index contributed by atoms with van der Waals surface area (Å²) in [5.41, 5.74) is 0.241. The first kappa shape index (κ1) is 14.0. The minimum Gasteiger partial charge on any atom is -0.292 e. The molecular formula is C13H10BrClN2O2. The van der Waals surface area contributed by atoms with E-state index in [0.29, 0.717) is 20.9 Å². The zero-order valence-electron chi connectivity index (χ0n) is 10.1. The van der Waals surface area contributed by atoms with Crippen molar-refractivity contribution in [2.45, 2.75) is 13.5 Å². The van der Waals surface area contributed by atoms with E-state index in [1.807, 2.05) is 0 Å². The average Bonchev–Trinajstić information content (AvgIpc) is 2.40. The Morgan fingerprint density at radius 2 is 2.00 bits per heavy atom. The van der Waals surface area contributed by atoms with Crippen molar-refractivity contribution < 1.29 is 4.79 Å². The molecule has 0 radical (unpaired) electrons. The highest BCUT2D eigenvalue weighted by atomic mass is 79.9. The summed E-state index contributed by atoms with van der Waals surface area (Å²) in [6, 6.07) is 6.56. The van der Waals surface area contributed by atoms with Crippen molar-refractivity contribution >= 4 is 33.3 Å². The number of aromatic nitrogens is 2. The molecule has 1 aromatic carbocycles. The van der Waals surface area contributed by atoms with E-state index < -0.39 is 0 Å². The smallest absolute Gasteiger partial charge is 0.268 e. The second kappa shape index (κ2) is 5.67. The molecule has 19 heavy (non-hydrogen) atoms. The first-order valence-corrected chi connectivity index (χ1v) is 6.67. The quantitative estimate of drug-likeness (QED) is 0.807. The predicted molar refractivity (Wildman–Crippen MR) is 76.7 cm³/mol. The third kappa shape index (κ3) is 3.11. The molecule has 0 spiro atoms. The number of benzene rings is 1. The molecule has 2 aromatic rings. The fourth-order valence-corrected chi connectivity index (χ4v) is 2.05. The minimum atomic E-state index is -0.269. The second-order valence-corrected chi connectivity index (χ2v) is 5.27. The van der Waals surface area contributed by atoms with Crippen LogP contribution in [0.4, 0.5) is 0 Å². The number of ketones is 1. The largest absolute Gasteiger partial charge is 0.292 e. The van der Waals surface area contributed by atoms with Gasteiger partial charge in [0.1, 0.15) is 10.3 Å². The number of hydrogen-bond acceptors (Lipinski definition) is 3. The lowest BCUT2D eigenvalue weighted by Crippen LogP contribution is -2.27. The fourth-order valence-electron chi connectivity index (χ4n) is 1.61. The van der Waals surface area contributed by atoms with E-state index in [4.69, 9.17) is 11.6 Å². The van der Waals surface area contributed by atoms with Gasteiger partial charge in [-0.1, -0.05) is 11.6 Å². The molecular weight excluding hydrogens is 332 g/mol. The second-order valence-electron chi connectivity index (χ2n) is 3.97. The molecule has 6 heteroatoms. The van der Waals surface area contributed by atoms with Crippen molar-refractivity contribution in [2.24, 2.45) is 0 Å². The van der Waals surface area contributed by atoms with E-state index >= 15 is 0 Å². The van der Waals surface area contributed by atoms with Gasteiger partial charge in [-0.05, 0) is 47.1 Å². The summed E-state index contributed by atoms with van der Waals surface area (Å²) in [6.45, 7) is 1.64. The summed E-state index contributed by atoms with van der Waals surface area (Å²) < 4.78 is 1.67. The molecule has 98 valence electrons. The maximum Gasteiger partial charge on any atom is 0.268 e. The Balaban J connectivity index is 2.32. The lowest BCUT2D eigenvalue weighted by molar-refractivity contribution is 0.0969. The highest BCUT2D eigenvalue weighted by Crippen LogP contribution is 2.11. The van der Waals surface area contributed by atoms with Crippen molar-refractivity contribution in [1.82, 2.24) is 9.55 Å². The number of aryl methyl sites for hydroxylation is 1. The van der Waals surface area contributed by atoms with Crippen LogP contribution >= 0.6 is 27.5 Å². The number of rotatable bonds is 3. The number of nitrogens with zero attached hydrogens (tertiary/aromatic N) is 2. The molecule has 2 rings (SSSR count). The third-order valence-corrected chi connectivity index (χ3v) is 3.47. The van der Waals surface area contributed by atoms with Gasteiger partial charge in [0.05, 0.1) is 6.54 Å². The predicted octanol–water partition coefficient (Wildman–Crippen LogP) is 2.85. The monoisotopic (exact) mass is 340 g/mol. The molecule has 0 aliphatic carbocycles. The Labute approximate surface area is 123 Å². The van der Waals surface area contributed by atoms with Crippen LogP contribution in [0.25, 0.3) is 0 Å². The number of halogens is 2. The molecule has 0 saturated heterocycles. The van der Waals surface area contributed by atoms with Crippen LogP contribution < -0.4 is 5.56 Å². The molecule has 0 amide bonds. The Bertz CT molecular complexity index is 680. The van der Waals surface area contributed by atoms with Crippen LogP contribution in [0.15, 0.2) is 39.7 Å². The maximum absolute atomic E-state index is 12.1. The first-order chi connectivity index (χ1) is 8.99. The topological polar surface area (TPSA) is 52.0 Å². The number of Topliss-reactive ketones (excluding diaryl/α,β-unsaturated/α-hetero) is 1. The van der Waals surface area contributed by atoms with Crippen LogP contribution in [0.1, 0.15) is 16.2 Å². The molecule has 1 aromatic heterocycles. The van der Waals surface area contributed by atoms with Crippen molar-refractivity contribution in [3.8, 4) is 0 Å². The molecule has 0 aliphatic heterocycles. The van der Waals surface area contributed by atoms with Gasteiger partial charge in [0.2, 0.25) is 0 Å². The van der Waals surface area contributed by atoms with Gasteiger partial charge in [0.15, 0.2) is 5.78 Å². The molecule has 0 atom stereocenters. The van der Waals surface area contributed by atoms with E-state index in [1.165, 1.54) is 10.8 Å². The lowest BCUT2D eigenvalue weighted by Gasteiger charge is -2.08. The van der Waals surface area contributed by atoms with Crippen LogP contribution in [0.3, 0.4) is 0 Å². The number of hydrogen-bond donors (Lipinski definition) is 0. The number of carbonyl (C=O) groups excluding carboxylic acids is 1. The van der Waals surface area contributed by atoms with Gasteiger partial charge >= 0.3 is 0 Å². The SMILES string of the molecule is Cc1ncc(Br)c(=O)n1CC(=O)c1ccc(Cl)cc1. The molecule has 0 unspecified atom stereocenters. The Kier molecular flexibility index (Phi) is 4.17. The standard InChI is InChI=1S/C13H10BrClN2O2/c1-8-16-6-11(14)13(19)17(8)7-12(18)9-2-4-10(15)5-3-9/h2-6H,7H2,1H3. The fraction of sp³-hybridized carbons (Fsp3) is 0.154. The summed E-state index contributed by atoms with van der Waals surface area (Å²) in [5.74, 6) is 0.331. The Morgan fingerprint density at radius 3 is 2.63 bits per heavy atom. The van der Waals surface area contributed by atoms with E-state index in [0.717, 1.165) is 0 Å². The molecule has 0 bridgehead atoms. The van der Waals surface area contributed by atoms with E-state index in [-0.39, 0.29) is 17.9 Å². The average molecular weight is 342 g/mol. The highest BCUT2D eigenvalue weighted by Gasteiger charge is 2.11. The van der Waals surface area contributed by atoms with Gasteiger partial charge in [-0.3, -0.25) is 14.2 Å². The van der Waals surface area contributed by atoms with Crippen molar-refractivity contribution in [3.05, 3.63) is 61.7 Å². The summed E-state index contributed by atoms with van der Waals surface area (Å²) in [5, 5.41) is 0.564. The summed E-state index contributed by atoms with van der Waals surface area (Å²) in [4.78, 5) is 28.1. The van der Waals surface area contributed by atoms with Crippen molar-refractivity contribution in [2.75, 3.05) is 0 Å². The Morgan fingerprint density at radius 1 is 1.37 bits per heavy atom. The summed E-state index contributed by atoms with van der Waals surface area (Å²) in [6.07, 6.45) is 1.43. The third-order valence-electron chi connectivity index (χ3n) is 2.67. The van der Waals surface area contributed by atoms with Crippen LogP contribution in [0.2, 0.25) is 5.02 Å². The van der Waals surface area contributed by atoms with Gasteiger partial charge in [0.25, 0.3) is 5.56 Å². The maximum atomic E-state index is 12.1. The van der Waals surface area contributed by atoms with Crippen LogP contribution in [-0.2, 0) is 6.54 Å². The first-order valence-electron chi connectivity index (χ1n) is 5.50. The van der Waals surface area contributed by atoms with Gasteiger partial charge in [-0.25, -0.2) is 4.98 Å². The highest BCUT2D eigenvalue weighted by molar-refractivity contribution is 9.10. The van der Waals surface area contributed by atoms with Crippen LogP contribution in [0.5, 0.6) is 0 Å². The lowest BCUT2D eigenvalue weighted by atomic mass is 10.1. The molecule has 1 heterocycles. The number of carbonyl (C=O) groups is 1. The van der Waals surface area contributed by atoms with Crippen molar-refractivity contribution in [1.29, 1.82) is 0 Å². The van der Waals surface area contributed by atoms with Crippen molar-refractivity contribution in [3.63, 3.8) is 0 Å². The van der Waals surface area contributed by atoms with Crippen LogP contribution in [-0.4, -0.2) is 15.3 Å².